The molecule has 2 heterocycles. The summed E-state index contributed by atoms with van der Waals surface area (Å²) in [5, 5.41) is 21.9. The number of carbonyl (C=O) groups is 2. The highest BCUT2D eigenvalue weighted by Crippen LogP contribution is 2.45. The lowest BCUT2D eigenvalue weighted by atomic mass is 9.84. The smallest absolute Gasteiger partial charge is 0.300 e. The van der Waals surface area contributed by atoms with Gasteiger partial charge < -0.3 is 19.4 Å². The topological polar surface area (TPSA) is 100 Å². The molecule has 1 atom stereocenters. The Morgan fingerprint density at radius 3 is 2.49 bits per heavy atom. The van der Waals surface area contributed by atoms with E-state index in [1.54, 1.807) is 42.5 Å². The van der Waals surface area contributed by atoms with Crippen LogP contribution in [-0.2, 0) is 15.0 Å². The first-order valence-electron chi connectivity index (χ1n) is 11.5. The second-order valence-corrected chi connectivity index (χ2v) is 9.57. The Hall–Kier alpha value is -4.00. The largest absolute Gasteiger partial charge is 0.507 e. The molecule has 0 bridgehead atoms. The molecule has 1 unspecified atom stereocenters. The van der Waals surface area contributed by atoms with E-state index < -0.39 is 17.7 Å². The van der Waals surface area contributed by atoms with Gasteiger partial charge in [0.1, 0.15) is 29.1 Å². The number of aliphatic hydroxyl groups excluding tert-OH is 1. The molecule has 3 aromatic rings. The Labute approximate surface area is 204 Å². The number of aliphatic hydroxyl groups is 1. The number of hydrogen-bond acceptors (Lipinski definition) is 6. The summed E-state index contributed by atoms with van der Waals surface area (Å²) in [7, 11) is 0. The van der Waals surface area contributed by atoms with E-state index in [1.165, 1.54) is 17.2 Å². The molecule has 0 aliphatic carbocycles. The van der Waals surface area contributed by atoms with E-state index in [4.69, 9.17) is 9.15 Å². The van der Waals surface area contributed by atoms with Crippen LogP contribution in [0, 0.1) is 6.92 Å². The number of phenolic OH excluding ortho intramolecular Hbond substituents is 1. The van der Waals surface area contributed by atoms with Gasteiger partial charge in [-0.25, -0.2) is 0 Å². The third-order valence-corrected chi connectivity index (χ3v) is 6.01. The van der Waals surface area contributed by atoms with E-state index in [0.717, 1.165) is 11.1 Å². The number of amides is 1. The number of furan rings is 1. The van der Waals surface area contributed by atoms with Crippen molar-refractivity contribution in [2.45, 2.75) is 46.1 Å². The lowest BCUT2D eigenvalue weighted by Crippen LogP contribution is -2.29. The standard InChI is InChI=1S/C28H29NO6/c1-6-34-21-12-10-17(15-18(21)28(3,4)5)25(31)23-24(22-8-7-13-35-22)29(27(33)26(23)32)19-14-16(2)9-11-20(19)30/h7-15,24,30-31H,6H2,1-5H3/b25-23-. The summed E-state index contributed by atoms with van der Waals surface area (Å²) in [4.78, 5) is 27.7. The molecule has 2 N–H and O–H groups in total. The normalized spacial score (nSPS) is 17.7. The summed E-state index contributed by atoms with van der Waals surface area (Å²) in [6.45, 7) is 10.3. The molecule has 1 aliphatic heterocycles. The van der Waals surface area contributed by atoms with E-state index in [2.05, 4.69) is 0 Å². The van der Waals surface area contributed by atoms with Crippen LogP contribution in [0.2, 0.25) is 0 Å². The van der Waals surface area contributed by atoms with Crippen LogP contribution >= 0.6 is 0 Å². The zero-order chi connectivity index (χ0) is 25.5. The fraction of sp³-hybridized carbons (Fsp3) is 0.286. The van der Waals surface area contributed by atoms with Crippen molar-refractivity contribution in [1.29, 1.82) is 0 Å². The van der Waals surface area contributed by atoms with Crippen molar-refractivity contribution in [3.05, 3.63) is 82.8 Å². The van der Waals surface area contributed by atoms with Crippen molar-refractivity contribution in [2.24, 2.45) is 0 Å². The molecule has 1 fully saturated rings. The van der Waals surface area contributed by atoms with E-state index in [9.17, 15) is 19.8 Å². The maximum absolute atomic E-state index is 13.3. The fourth-order valence-electron chi connectivity index (χ4n) is 4.32. The first-order chi connectivity index (χ1) is 16.5. The third-order valence-electron chi connectivity index (χ3n) is 6.01. The Balaban J connectivity index is 1.94. The molecule has 0 saturated carbocycles. The molecule has 35 heavy (non-hydrogen) atoms. The summed E-state index contributed by atoms with van der Waals surface area (Å²) in [6, 6.07) is 12.2. The first kappa shape index (κ1) is 24.1. The molecule has 7 heteroatoms. The molecule has 4 rings (SSSR count). The highest BCUT2D eigenvalue weighted by molar-refractivity contribution is 6.51. The zero-order valence-corrected chi connectivity index (χ0v) is 20.5. The van der Waals surface area contributed by atoms with Crippen molar-refractivity contribution >= 4 is 23.1 Å². The van der Waals surface area contributed by atoms with Crippen molar-refractivity contribution in [1.82, 2.24) is 0 Å². The maximum atomic E-state index is 13.3. The third kappa shape index (κ3) is 4.30. The highest BCUT2D eigenvalue weighted by Gasteiger charge is 2.49. The quantitative estimate of drug-likeness (QED) is 0.282. The SMILES string of the molecule is CCOc1ccc(/C(O)=C2/C(=O)C(=O)N(c3cc(C)ccc3O)C2c2ccco2)cc1C(C)(C)C. The lowest BCUT2D eigenvalue weighted by molar-refractivity contribution is -0.132. The Morgan fingerprint density at radius 2 is 1.86 bits per heavy atom. The molecule has 1 aromatic heterocycles. The van der Waals surface area contributed by atoms with E-state index in [1.807, 2.05) is 34.6 Å². The van der Waals surface area contributed by atoms with Gasteiger partial charge in [-0.05, 0) is 67.3 Å². The zero-order valence-electron chi connectivity index (χ0n) is 20.5. The number of rotatable bonds is 5. The summed E-state index contributed by atoms with van der Waals surface area (Å²) >= 11 is 0. The van der Waals surface area contributed by atoms with Crippen LogP contribution in [0.15, 0.2) is 64.8 Å². The number of ether oxygens (including phenoxy) is 1. The number of nitrogens with zero attached hydrogens (tertiary/aromatic N) is 1. The average molecular weight is 476 g/mol. The maximum Gasteiger partial charge on any atom is 0.300 e. The van der Waals surface area contributed by atoms with Crippen LogP contribution in [0.1, 0.15) is 56.2 Å². The molecule has 1 aliphatic rings. The second-order valence-electron chi connectivity index (χ2n) is 9.57. The molecule has 1 amide bonds. The molecule has 0 radical (unpaired) electrons. The molecular formula is C28H29NO6. The number of benzene rings is 2. The summed E-state index contributed by atoms with van der Waals surface area (Å²) in [6.07, 6.45) is 1.43. The Kier molecular flexibility index (Phi) is 6.19. The van der Waals surface area contributed by atoms with Crippen molar-refractivity contribution < 1.29 is 29.0 Å². The minimum absolute atomic E-state index is 0.116. The van der Waals surface area contributed by atoms with Crippen molar-refractivity contribution in [2.75, 3.05) is 11.5 Å². The number of carbonyl (C=O) groups excluding carboxylic acids is 2. The first-order valence-corrected chi connectivity index (χ1v) is 11.5. The van der Waals surface area contributed by atoms with Crippen LogP contribution in [0.5, 0.6) is 11.5 Å². The molecule has 2 aromatic carbocycles. The van der Waals surface area contributed by atoms with Gasteiger partial charge in [-0.1, -0.05) is 26.8 Å². The van der Waals surface area contributed by atoms with Gasteiger partial charge in [-0.15, -0.1) is 0 Å². The van der Waals surface area contributed by atoms with Crippen LogP contribution in [0.3, 0.4) is 0 Å². The Morgan fingerprint density at radius 1 is 1.11 bits per heavy atom. The second kappa shape index (κ2) is 8.98. The Bertz CT molecular complexity index is 1310. The number of aromatic hydroxyl groups is 1. The van der Waals surface area contributed by atoms with Gasteiger partial charge in [-0.3, -0.25) is 14.5 Å². The number of anilines is 1. The fourth-order valence-corrected chi connectivity index (χ4v) is 4.32. The van der Waals surface area contributed by atoms with E-state index in [-0.39, 0.29) is 33.9 Å². The molecule has 0 spiro atoms. The minimum atomic E-state index is -1.05. The number of Topliss-reactive ketones (excluding diaryl/α,β-unsaturated/α-hetero) is 1. The van der Waals surface area contributed by atoms with Crippen LogP contribution < -0.4 is 9.64 Å². The summed E-state index contributed by atoms with van der Waals surface area (Å²) in [5.74, 6) is -1.25. The number of ketones is 1. The van der Waals surface area contributed by atoms with Gasteiger partial charge in [0.25, 0.3) is 11.7 Å². The van der Waals surface area contributed by atoms with Gasteiger partial charge in [-0.2, -0.15) is 0 Å². The van der Waals surface area contributed by atoms with Crippen LogP contribution in [-0.4, -0.2) is 28.5 Å². The molecule has 182 valence electrons. The number of hydrogen-bond donors (Lipinski definition) is 2. The van der Waals surface area contributed by atoms with Crippen molar-refractivity contribution in [3.63, 3.8) is 0 Å². The van der Waals surface area contributed by atoms with Gasteiger partial charge in [0.05, 0.1) is 24.1 Å². The van der Waals surface area contributed by atoms with Crippen LogP contribution in [0.25, 0.3) is 5.76 Å². The number of aryl methyl sites for hydroxylation is 1. The molecule has 1 saturated heterocycles. The summed E-state index contributed by atoms with van der Waals surface area (Å²) in [5.41, 5.74) is 1.76. The monoisotopic (exact) mass is 475 g/mol. The van der Waals surface area contributed by atoms with E-state index >= 15 is 0 Å². The van der Waals surface area contributed by atoms with Gasteiger partial charge in [0, 0.05) is 11.1 Å². The lowest BCUT2D eigenvalue weighted by Gasteiger charge is -2.25. The van der Waals surface area contributed by atoms with Gasteiger partial charge in [0.2, 0.25) is 0 Å². The predicted molar refractivity (Wildman–Crippen MR) is 133 cm³/mol. The molecular weight excluding hydrogens is 446 g/mol. The van der Waals surface area contributed by atoms with Crippen molar-refractivity contribution in [3.8, 4) is 11.5 Å². The van der Waals surface area contributed by atoms with E-state index in [0.29, 0.717) is 17.9 Å². The molecule has 7 nitrogen and oxygen atoms in total. The average Bonchev–Trinajstić information content (AvgIpc) is 3.42. The number of phenols is 1. The highest BCUT2D eigenvalue weighted by atomic mass is 16.5. The summed E-state index contributed by atoms with van der Waals surface area (Å²) < 4.78 is 11.4. The van der Waals surface area contributed by atoms with Gasteiger partial charge >= 0.3 is 0 Å². The van der Waals surface area contributed by atoms with Crippen LogP contribution in [0.4, 0.5) is 5.69 Å². The predicted octanol–water partition coefficient (Wildman–Crippen LogP) is 5.62. The minimum Gasteiger partial charge on any atom is -0.507 e. The van der Waals surface area contributed by atoms with Gasteiger partial charge in [0.15, 0.2) is 0 Å².